The second-order valence-electron chi connectivity index (χ2n) is 4.08. The van der Waals surface area contributed by atoms with Crippen LogP contribution in [0.15, 0.2) is 53.0 Å². The van der Waals surface area contributed by atoms with Gasteiger partial charge in [0.25, 0.3) is 0 Å². The van der Waals surface area contributed by atoms with Crippen molar-refractivity contribution in [2.24, 2.45) is 0 Å². The third kappa shape index (κ3) is 4.83. The van der Waals surface area contributed by atoms with E-state index in [9.17, 15) is 0 Å². The highest BCUT2D eigenvalue weighted by atomic mass is 79.9. The molecule has 2 aromatic carbocycles. The van der Waals surface area contributed by atoms with E-state index in [0.717, 1.165) is 22.4 Å². The van der Waals surface area contributed by atoms with E-state index in [-0.39, 0.29) is 0 Å². The first-order chi connectivity index (χ1) is 9.24. The summed E-state index contributed by atoms with van der Waals surface area (Å²) in [6, 6.07) is 15.2. The lowest BCUT2D eigenvalue weighted by atomic mass is 10.3. The Balaban J connectivity index is 1.66. The van der Waals surface area contributed by atoms with Crippen LogP contribution in [0, 0.1) is 0 Å². The molecule has 2 aromatic rings. The van der Waals surface area contributed by atoms with Crippen molar-refractivity contribution in [2.45, 2.75) is 6.42 Å². The fraction of sp³-hybridized carbons (Fsp3) is 0.200. The van der Waals surface area contributed by atoms with Gasteiger partial charge in [-0.3, -0.25) is 0 Å². The maximum absolute atomic E-state index is 5.67. The van der Waals surface area contributed by atoms with Gasteiger partial charge in [-0.25, -0.2) is 0 Å². The van der Waals surface area contributed by atoms with Crippen molar-refractivity contribution in [3.05, 3.63) is 53.0 Å². The molecule has 0 fully saturated rings. The van der Waals surface area contributed by atoms with Gasteiger partial charge in [-0.15, -0.1) is 0 Å². The Hall–Kier alpha value is -1.68. The highest BCUT2D eigenvalue weighted by Gasteiger charge is 1.96. The Kier molecular flexibility index (Phi) is 5.10. The Morgan fingerprint density at radius 3 is 2.26 bits per heavy atom. The summed E-state index contributed by atoms with van der Waals surface area (Å²) in [5.41, 5.74) is 6.38. The van der Waals surface area contributed by atoms with Crippen LogP contribution in [0.5, 0.6) is 11.5 Å². The van der Waals surface area contributed by atoms with Gasteiger partial charge in [-0.1, -0.05) is 22.0 Å². The van der Waals surface area contributed by atoms with E-state index in [2.05, 4.69) is 15.9 Å². The molecule has 4 heteroatoms. The summed E-state index contributed by atoms with van der Waals surface area (Å²) in [7, 11) is 0. The summed E-state index contributed by atoms with van der Waals surface area (Å²) in [4.78, 5) is 0. The monoisotopic (exact) mass is 321 g/mol. The van der Waals surface area contributed by atoms with E-state index >= 15 is 0 Å². The first kappa shape index (κ1) is 13.7. The lowest BCUT2D eigenvalue weighted by Crippen LogP contribution is -2.05. The van der Waals surface area contributed by atoms with Crippen molar-refractivity contribution < 1.29 is 9.47 Å². The summed E-state index contributed by atoms with van der Waals surface area (Å²) in [5, 5.41) is 0. The third-order valence-corrected chi connectivity index (χ3v) is 3.03. The van der Waals surface area contributed by atoms with Crippen molar-refractivity contribution in [3.63, 3.8) is 0 Å². The lowest BCUT2D eigenvalue weighted by molar-refractivity contribution is 0.247. The molecule has 3 nitrogen and oxygen atoms in total. The normalized spacial score (nSPS) is 10.2. The van der Waals surface area contributed by atoms with Gasteiger partial charge < -0.3 is 15.2 Å². The number of nitrogens with two attached hydrogens (primary N) is 1. The zero-order chi connectivity index (χ0) is 13.5. The molecule has 0 aliphatic rings. The number of anilines is 1. The van der Waals surface area contributed by atoms with Crippen molar-refractivity contribution in [3.8, 4) is 11.5 Å². The number of ether oxygens (including phenoxy) is 2. The van der Waals surface area contributed by atoms with Gasteiger partial charge in [0.15, 0.2) is 0 Å². The minimum Gasteiger partial charge on any atom is -0.493 e. The molecule has 0 radical (unpaired) electrons. The SMILES string of the molecule is Nc1cccc(OCCCOc2ccc(Br)cc2)c1. The molecule has 0 aliphatic carbocycles. The third-order valence-electron chi connectivity index (χ3n) is 2.50. The lowest BCUT2D eigenvalue weighted by Gasteiger charge is -2.08. The van der Waals surface area contributed by atoms with E-state index in [1.807, 2.05) is 48.5 Å². The molecule has 0 saturated heterocycles. The Bertz CT molecular complexity index is 514. The van der Waals surface area contributed by atoms with Crippen LogP contribution in [0.25, 0.3) is 0 Å². The Labute approximate surface area is 121 Å². The van der Waals surface area contributed by atoms with Crippen molar-refractivity contribution in [2.75, 3.05) is 18.9 Å². The second kappa shape index (κ2) is 7.04. The summed E-state index contributed by atoms with van der Waals surface area (Å²) < 4.78 is 12.2. The van der Waals surface area contributed by atoms with Gasteiger partial charge in [-0.2, -0.15) is 0 Å². The van der Waals surface area contributed by atoms with Crippen LogP contribution in [0.3, 0.4) is 0 Å². The van der Waals surface area contributed by atoms with E-state index in [0.29, 0.717) is 18.9 Å². The molecule has 2 N–H and O–H groups in total. The first-order valence-corrected chi connectivity index (χ1v) is 6.90. The molecule has 19 heavy (non-hydrogen) atoms. The molecule has 2 rings (SSSR count). The number of halogens is 1. The summed E-state index contributed by atoms with van der Waals surface area (Å²) in [5.74, 6) is 1.66. The van der Waals surface area contributed by atoms with Gasteiger partial charge in [0, 0.05) is 22.6 Å². The number of nitrogen functional groups attached to an aromatic ring is 1. The maximum atomic E-state index is 5.67. The van der Waals surface area contributed by atoms with E-state index in [4.69, 9.17) is 15.2 Å². The van der Waals surface area contributed by atoms with Crippen molar-refractivity contribution in [1.29, 1.82) is 0 Å². The highest BCUT2D eigenvalue weighted by molar-refractivity contribution is 9.10. The molecule has 0 aliphatic heterocycles. The summed E-state index contributed by atoms with van der Waals surface area (Å²) in [6.45, 7) is 1.24. The van der Waals surface area contributed by atoms with Gasteiger partial charge in [-0.05, 0) is 36.4 Å². The van der Waals surface area contributed by atoms with Gasteiger partial charge in [0.1, 0.15) is 11.5 Å². The Morgan fingerprint density at radius 1 is 0.895 bits per heavy atom. The zero-order valence-corrected chi connectivity index (χ0v) is 12.1. The molecule has 0 heterocycles. The first-order valence-electron chi connectivity index (χ1n) is 6.11. The molecule has 0 saturated carbocycles. The quantitative estimate of drug-likeness (QED) is 0.648. The number of hydrogen-bond acceptors (Lipinski definition) is 3. The highest BCUT2D eigenvalue weighted by Crippen LogP contribution is 2.17. The summed E-state index contributed by atoms with van der Waals surface area (Å²) in [6.07, 6.45) is 0.824. The molecule has 0 atom stereocenters. The minimum atomic E-state index is 0.611. The average molecular weight is 322 g/mol. The minimum absolute atomic E-state index is 0.611. The van der Waals surface area contributed by atoms with Gasteiger partial charge in [0.05, 0.1) is 13.2 Å². The van der Waals surface area contributed by atoms with Crippen molar-refractivity contribution >= 4 is 21.6 Å². The largest absolute Gasteiger partial charge is 0.493 e. The molecule has 0 unspecified atom stereocenters. The van der Waals surface area contributed by atoms with E-state index < -0.39 is 0 Å². The molecule has 0 aromatic heterocycles. The number of hydrogen-bond donors (Lipinski definition) is 1. The van der Waals surface area contributed by atoms with Gasteiger partial charge in [0.2, 0.25) is 0 Å². The average Bonchev–Trinajstić information content (AvgIpc) is 2.41. The molecular weight excluding hydrogens is 306 g/mol. The molecule has 100 valence electrons. The predicted octanol–water partition coefficient (Wildman–Crippen LogP) is 3.88. The fourth-order valence-electron chi connectivity index (χ4n) is 1.57. The molecule has 0 amide bonds. The molecular formula is C15H16BrNO2. The van der Waals surface area contributed by atoms with E-state index in [1.165, 1.54) is 0 Å². The second-order valence-corrected chi connectivity index (χ2v) is 4.99. The number of rotatable bonds is 6. The van der Waals surface area contributed by atoms with Gasteiger partial charge >= 0.3 is 0 Å². The van der Waals surface area contributed by atoms with Crippen LogP contribution < -0.4 is 15.2 Å². The van der Waals surface area contributed by atoms with Crippen LogP contribution in [0.2, 0.25) is 0 Å². The van der Waals surface area contributed by atoms with Crippen molar-refractivity contribution in [1.82, 2.24) is 0 Å². The van der Waals surface area contributed by atoms with Crippen LogP contribution in [-0.4, -0.2) is 13.2 Å². The van der Waals surface area contributed by atoms with Crippen LogP contribution in [0.1, 0.15) is 6.42 Å². The predicted molar refractivity (Wildman–Crippen MR) is 80.6 cm³/mol. The van der Waals surface area contributed by atoms with Crippen LogP contribution in [-0.2, 0) is 0 Å². The fourth-order valence-corrected chi connectivity index (χ4v) is 1.84. The topological polar surface area (TPSA) is 44.5 Å². The van der Waals surface area contributed by atoms with Crippen LogP contribution in [0.4, 0.5) is 5.69 Å². The smallest absolute Gasteiger partial charge is 0.121 e. The van der Waals surface area contributed by atoms with Crippen LogP contribution >= 0.6 is 15.9 Å². The zero-order valence-electron chi connectivity index (χ0n) is 10.5. The van der Waals surface area contributed by atoms with E-state index in [1.54, 1.807) is 0 Å². The maximum Gasteiger partial charge on any atom is 0.121 e. The number of benzene rings is 2. The standard InChI is InChI=1S/C15H16BrNO2/c16-12-5-7-14(8-6-12)18-9-2-10-19-15-4-1-3-13(17)11-15/h1,3-8,11H,2,9-10,17H2. The Morgan fingerprint density at radius 2 is 1.58 bits per heavy atom. The molecule has 0 spiro atoms. The molecule has 0 bridgehead atoms. The summed E-state index contributed by atoms with van der Waals surface area (Å²) >= 11 is 3.38.